The zero-order valence-electron chi connectivity index (χ0n) is 11.7. The maximum Gasteiger partial charge on any atom is 0.254 e. The van der Waals surface area contributed by atoms with Crippen LogP contribution in [-0.4, -0.2) is 34.1 Å². The van der Waals surface area contributed by atoms with E-state index in [1.807, 2.05) is 0 Å². The van der Waals surface area contributed by atoms with Gasteiger partial charge in [0.1, 0.15) is 5.60 Å². The number of rotatable bonds is 1. The maximum absolute atomic E-state index is 12.8. The van der Waals surface area contributed by atoms with Gasteiger partial charge >= 0.3 is 0 Å². The topological polar surface area (TPSA) is 40.5 Å². The summed E-state index contributed by atoms with van der Waals surface area (Å²) in [6.45, 7) is 0.929. The highest BCUT2D eigenvalue weighted by molar-refractivity contribution is 5.85. The third kappa shape index (κ3) is 1.93. The Kier molecular flexibility index (Phi) is 2.70. The van der Waals surface area contributed by atoms with Gasteiger partial charge in [-0.1, -0.05) is 0 Å². The zero-order valence-corrected chi connectivity index (χ0v) is 11.7. The van der Waals surface area contributed by atoms with Crippen molar-refractivity contribution in [1.29, 1.82) is 0 Å². The molecule has 2 heterocycles. The van der Waals surface area contributed by atoms with E-state index in [1.54, 1.807) is 0 Å². The number of nitrogens with zero attached hydrogens (tertiary/aromatic N) is 1. The fraction of sp³-hybridized carbons (Fsp3) is 0.938. The molecule has 0 radical (unpaired) electrons. The molecule has 2 unspecified atom stereocenters. The summed E-state index contributed by atoms with van der Waals surface area (Å²) < 4.78 is 0. The van der Waals surface area contributed by atoms with Crippen LogP contribution in [0.15, 0.2) is 0 Å². The van der Waals surface area contributed by atoms with E-state index in [-0.39, 0.29) is 5.91 Å². The van der Waals surface area contributed by atoms with Crippen molar-refractivity contribution in [2.24, 2.45) is 17.8 Å². The second kappa shape index (κ2) is 4.21. The highest BCUT2D eigenvalue weighted by Crippen LogP contribution is 2.48. The quantitative estimate of drug-likeness (QED) is 0.789. The number of fused-ring (bicyclic) bond motifs is 1. The first-order valence-corrected chi connectivity index (χ1v) is 8.17. The molecule has 1 N–H and O–H groups in total. The number of carbonyl (C=O) groups is 1. The van der Waals surface area contributed by atoms with E-state index in [0.717, 1.165) is 31.2 Å². The van der Waals surface area contributed by atoms with Crippen molar-refractivity contribution in [1.82, 2.24) is 4.90 Å². The summed E-state index contributed by atoms with van der Waals surface area (Å²) in [7, 11) is 0. The molecule has 3 heteroatoms. The number of hydrogen-bond donors (Lipinski definition) is 1. The Morgan fingerprint density at radius 2 is 1.53 bits per heavy atom. The molecule has 0 aromatic rings. The molecule has 0 aromatic heterocycles. The molecule has 2 aliphatic heterocycles. The number of aliphatic hydroxyl groups is 1. The van der Waals surface area contributed by atoms with Crippen molar-refractivity contribution >= 4 is 5.91 Å². The van der Waals surface area contributed by atoms with E-state index in [2.05, 4.69) is 4.90 Å². The van der Waals surface area contributed by atoms with Crippen LogP contribution < -0.4 is 0 Å². The van der Waals surface area contributed by atoms with E-state index in [9.17, 15) is 9.90 Å². The second-order valence-corrected chi connectivity index (χ2v) is 7.63. The molecule has 4 atom stereocenters. The first-order valence-electron chi connectivity index (χ1n) is 8.17. The van der Waals surface area contributed by atoms with Crippen LogP contribution >= 0.6 is 0 Å². The standard InChI is InChI=1S/C16H25NO2/c18-15(16(19)3-1-2-4-16)17-10-13-6-11-5-12(7-13)9-14(17)8-11/h11-14,19H,1-10H2/t11-,12+,13?,14?. The van der Waals surface area contributed by atoms with Crippen molar-refractivity contribution in [3.8, 4) is 0 Å². The van der Waals surface area contributed by atoms with Crippen LogP contribution in [0.1, 0.15) is 57.8 Å². The Balaban J connectivity index is 1.59. The Morgan fingerprint density at radius 3 is 2.16 bits per heavy atom. The van der Waals surface area contributed by atoms with Gasteiger partial charge < -0.3 is 10.0 Å². The molecule has 19 heavy (non-hydrogen) atoms. The lowest BCUT2D eigenvalue weighted by Gasteiger charge is -2.40. The summed E-state index contributed by atoms with van der Waals surface area (Å²) in [5, 5.41) is 10.6. The number of carbonyl (C=O) groups excluding carboxylic acids is 1. The van der Waals surface area contributed by atoms with Crippen molar-refractivity contribution < 1.29 is 9.90 Å². The van der Waals surface area contributed by atoms with E-state index in [1.165, 1.54) is 32.1 Å². The maximum atomic E-state index is 12.8. The van der Waals surface area contributed by atoms with Crippen LogP contribution in [-0.2, 0) is 4.79 Å². The van der Waals surface area contributed by atoms with E-state index < -0.39 is 5.60 Å². The first kappa shape index (κ1) is 12.2. The predicted molar refractivity (Wildman–Crippen MR) is 72.5 cm³/mol. The van der Waals surface area contributed by atoms with Crippen LogP contribution in [0.5, 0.6) is 0 Å². The van der Waals surface area contributed by atoms with E-state index in [4.69, 9.17) is 0 Å². The largest absolute Gasteiger partial charge is 0.380 e. The summed E-state index contributed by atoms with van der Waals surface area (Å²) in [5.74, 6) is 2.51. The molecule has 2 saturated heterocycles. The monoisotopic (exact) mass is 263 g/mol. The van der Waals surface area contributed by atoms with Crippen LogP contribution in [0.4, 0.5) is 0 Å². The Bertz CT molecular complexity index is 374. The third-order valence-electron chi connectivity index (χ3n) is 6.20. The van der Waals surface area contributed by atoms with Gasteiger partial charge in [0.05, 0.1) is 0 Å². The van der Waals surface area contributed by atoms with Gasteiger partial charge in [0.15, 0.2) is 0 Å². The van der Waals surface area contributed by atoms with Crippen molar-refractivity contribution in [3.05, 3.63) is 0 Å². The average Bonchev–Trinajstić information content (AvgIpc) is 2.73. The lowest BCUT2D eigenvalue weighted by atomic mass is 9.68. The third-order valence-corrected chi connectivity index (χ3v) is 6.20. The number of amides is 1. The smallest absolute Gasteiger partial charge is 0.254 e. The molecule has 3 aliphatic carbocycles. The molecule has 5 aliphatic rings. The van der Waals surface area contributed by atoms with E-state index >= 15 is 0 Å². The van der Waals surface area contributed by atoms with Crippen molar-refractivity contribution in [2.75, 3.05) is 6.54 Å². The Labute approximate surface area is 115 Å². The fourth-order valence-electron chi connectivity index (χ4n) is 5.47. The number of hydrogen-bond acceptors (Lipinski definition) is 2. The van der Waals surface area contributed by atoms with E-state index in [0.29, 0.717) is 24.8 Å². The van der Waals surface area contributed by atoms with Crippen LogP contribution in [0.25, 0.3) is 0 Å². The molecule has 5 fully saturated rings. The second-order valence-electron chi connectivity index (χ2n) is 7.63. The minimum Gasteiger partial charge on any atom is -0.380 e. The van der Waals surface area contributed by atoms with Crippen molar-refractivity contribution in [2.45, 2.75) is 69.4 Å². The summed E-state index contributed by atoms with van der Waals surface area (Å²) in [6, 6.07) is 0.438. The van der Waals surface area contributed by atoms with Crippen LogP contribution in [0.3, 0.4) is 0 Å². The Hall–Kier alpha value is -0.570. The van der Waals surface area contributed by atoms with Gasteiger partial charge in [0, 0.05) is 12.6 Å². The minimum atomic E-state index is -1.01. The highest BCUT2D eigenvalue weighted by atomic mass is 16.3. The summed E-state index contributed by atoms with van der Waals surface area (Å²) >= 11 is 0. The highest BCUT2D eigenvalue weighted by Gasteiger charge is 2.49. The summed E-state index contributed by atoms with van der Waals surface area (Å²) in [6.07, 6.45) is 9.86. The molecule has 5 rings (SSSR count). The van der Waals surface area contributed by atoms with Gasteiger partial charge in [0.25, 0.3) is 5.91 Å². The van der Waals surface area contributed by atoms with Gasteiger partial charge in [-0.2, -0.15) is 0 Å². The van der Waals surface area contributed by atoms with Crippen LogP contribution in [0.2, 0.25) is 0 Å². The normalized spacial score (nSPS) is 43.5. The van der Waals surface area contributed by atoms with Gasteiger partial charge in [0.2, 0.25) is 0 Å². The first-order chi connectivity index (χ1) is 9.14. The summed E-state index contributed by atoms with van der Waals surface area (Å²) in [4.78, 5) is 14.9. The minimum absolute atomic E-state index is 0.0724. The molecule has 3 saturated carbocycles. The van der Waals surface area contributed by atoms with Gasteiger partial charge in [-0.3, -0.25) is 4.79 Å². The predicted octanol–water partition coefficient (Wildman–Crippen LogP) is 2.33. The zero-order chi connectivity index (χ0) is 13.0. The molecule has 1 amide bonds. The lowest BCUT2D eigenvalue weighted by molar-refractivity contribution is -0.153. The molecular formula is C16H25NO2. The molecular weight excluding hydrogens is 238 g/mol. The average molecular weight is 263 g/mol. The summed E-state index contributed by atoms with van der Waals surface area (Å²) in [5.41, 5.74) is -1.01. The van der Waals surface area contributed by atoms with Gasteiger partial charge in [-0.05, 0) is 75.5 Å². The van der Waals surface area contributed by atoms with Crippen molar-refractivity contribution in [3.63, 3.8) is 0 Å². The van der Waals surface area contributed by atoms with Gasteiger partial charge in [-0.25, -0.2) is 0 Å². The molecule has 3 nitrogen and oxygen atoms in total. The molecule has 0 spiro atoms. The molecule has 106 valence electrons. The molecule has 0 aromatic carbocycles. The Morgan fingerprint density at radius 1 is 0.947 bits per heavy atom. The fourth-order valence-corrected chi connectivity index (χ4v) is 5.47. The molecule has 4 bridgehead atoms. The van der Waals surface area contributed by atoms with Gasteiger partial charge in [-0.15, -0.1) is 0 Å². The van der Waals surface area contributed by atoms with Crippen LogP contribution in [0, 0.1) is 17.8 Å². The lowest BCUT2D eigenvalue weighted by Crippen LogP contribution is -2.52. The SMILES string of the molecule is O=C(N1CC2C[C@@H]3CC1C[C@H](C2)C3)C1(O)CCCC1.